The van der Waals surface area contributed by atoms with Crippen molar-refractivity contribution >= 4 is 11.6 Å². The molecule has 0 aliphatic carbocycles. The fraction of sp³-hybridized carbons (Fsp3) is 0.538. The standard InChI is InChI=1S/C13H17ClFNO/c1-9-5-6-16-7-12(9)17-8-10-3-2-4-11(14)13(10)15/h2-4,9,12,16H,5-8H2,1H3. The van der Waals surface area contributed by atoms with Crippen molar-refractivity contribution in [2.24, 2.45) is 5.92 Å². The Morgan fingerprint density at radius 3 is 3.12 bits per heavy atom. The largest absolute Gasteiger partial charge is 0.372 e. The molecule has 0 bridgehead atoms. The van der Waals surface area contributed by atoms with Crippen molar-refractivity contribution in [3.63, 3.8) is 0 Å². The fourth-order valence-electron chi connectivity index (χ4n) is 2.04. The van der Waals surface area contributed by atoms with E-state index in [1.165, 1.54) is 0 Å². The lowest BCUT2D eigenvalue weighted by atomic mass is 9.97. The van der Waals surface area contributed by atoms with Gasteiger partial charge in [-0.3, -0.25) is 0 Å². The first-order chi connectivity index (χ1) is 8.18. The van der Waals surface area contributed by atoms with Gasteiger partial charge in [0.2, 0.25) is 0 Å². The number of halogens is 2. The van der Waals surface area contributed by atoms with Crippen LogP contribution in [0.2, 0.25) is 5.02 Å². The van der Waals surface area contributed by atoms with E-state index in [0.717, 1.165) is 19.5 Å². The minimum Gasteiger partial charge on any atom is -0.372 e. The quantitative estimate of drug-likeness (QED) is 0.899. The third-order valence-electron chi connectivity index (χ3n) is 3.24. The van der Waals surface area contributed by atoms with Gasteiger partial charge in [-0.1, -0.05) is 30.7 Å². The van der Waals surface area contributed by atoms with Crippen molar-refractivity contribution in [3.05, 3.63) is 34.6 Å². The molecule has 0 saturated carbocycles. The van der Waals surface area contributed by atoms with E-state index in [0.29, 0.717) is 11.5 Å². The average molecular weight is 258 g/mol. The maximum atomic E-state index is 13.6. The number of hydrogen-bond acceptors (Lipinski definition) is 2. The third kappa shape index (κ3) is 3.18. The first-order valence-electron chi connectivity index (χ1n) is 5.93. The Balaban J connectivity index is 1.95. The van der Waals surface area contributed by atoms with E-state index >= 15 is 0 Å². The molecule has 1 N–H and O–H groups in total. The summed E-state index contributed by atoms with van der Waals surface area (Å²) in [7, 11) is 0. The monoisotopic (exact) mass is 257 g/mol. The normalized spacial score (nSPS) is 24.9. The fourth-order valence-corrected chi connectivity index (χ4v) is 2.24. The molecule has 0 spiro atoms. The topological polar surface area (TPSA) is 21.3 Å². The van der Waals surface area contributed by atoms with Crippen LogP contribution in [0.1, 0.15) is 18.9 Å². The summed E-state index contributed by atoms with van der Waals surface area (Å²) in [6, 6.07) is 5.00. The first kappa shape index (κ1) is 12.8. The molecule has 1 aromatic rings. The van der Waals surface area contributed by atoms with Gasteiger partial charge < -0.3 is 10.1 Å². The van der Waals surface area contributed by atoms with E-state index in [2.05, 4.69) is 12.2 Å². The zero-order chi connectivity index (χ0) is 12.3. The van der Waals surface area contributed by atoms with Crippen LogP contribution < -0.4 is 5.32 Å². The summed E-state index contributed by atoms with van der Waals surface area (Å²) in [6.45, 7) is 4.32. The smallest absolute Gasteiger partial charge is 0.147 e. The SMILES string of the molecule is CC1CCNCC1OCc1cccc(Cl)c1F. The molecule has 1 aromatic carbocycles. The number of piperidine rings is 1. The van der Waals surface area contributed by atoms with Crippen LogP contribution in [0.15, 0.2) is 18.2 Å². The van der Waals surface area contributed by atoms with Crippen LogP contribution in [0.25, 0.3) is 0 Å². The van der Waals surface area contributed by atoms with Gasteiger partial charge in [0, 0.05) is 12.1 Å². The Hall–Kier alpha value is -0.640. The van der Waals surface area contributed by atoms with Gasteiger partial charge in [-0.2, -0.15) is 0 Å². The van der Waals surface area contributed by atoms with Crippen molar-refractivity contribution in [1.82, 2.24) is 5.32 Å². The molecule has 1 aliphatic heterocycles. The second-order valence-corrected chi connectivity index (χ2v) is 4.94. The van der Waals surface area contributed by atoms with Crippen molar-refractivity contribution in [1.29, 1.82) is 0 Å². The molecule has 0 amide bonds. The van der Waals surface area contributed by atoms with Crippen LogP contribution in [0, 0.1) is 11.7 Å². The Morgan fingerprint density at radius 2 is 2.35 bits per heavy atom. The molecular formula is C13H17ClFNO. The van der Waals surface area contributed by atoms with E-state index < -0.39 is 0 Å². The molecule has 2 atom stereocenters. The molecule has 17 heavy (non-hydrogen) atoms. The number of nitrogens with one attached hydrogen (secondary N) is 1. The van der Waals surface area contributed by atoms with Crippen LogP contribution in [0.3, 0.4) is 0 Å². The zero-order valence-corrected chi connectivity index (χ0v) is 10.6. The van der Waals surface area contributed by atoms with Crippen LogP contribution in [-0.2, 0) is 11.3 Å². The van der Waals surface area contributed by atoms with Gasteiger partial charge in [0.1, 0.15) is 5.82 Å². The first-order valence-corrected chi connectivity index (χ1v) is 6.31. The van der Waals surface area contributed by atoms with Gasteiger partial charge in [0.05, 0.1) is 17.7 Å². The van der Waals surface area contributed by atoms with Crippen molar-refractivity contribution < 1.29 is 9.13 Å². The van der Waals surface area contributed by atoms with Crippen LogP contribution in [0.5, 0.6) is 0 Å². The molecule has 0 aromatic heterocycles. The van der Waals surface area contributed by atoms with E-state index in [1.54, 1.807) is 18.2 Å². The highest BCUT2D eigenvalue weighted by molar-refractivity contribution is 6.30. The van der Waals surface area contributed by atoms with Crippen LogP contribution >= 0.6 is 11.6 Å². The lowest BCUT2D eigenvalue weighted by Gasteiger charge is -2.29. The summed E-state index contributed by atoms with van der Waals surface area (Å²) >= 11 is 5.72. The average Bonchev–Trinajstić information content (AvgIpc) is 2.33. The van der Waals surface area contributed by atoms with Crippen LogP contribution in [0.4, 0.5) is 4.39 Å². The van der Waals surface area contributed by atoms with Gasteiger partial charge in [-0.05, 0) is 24.9 Å². The maximum absolute atomic E-state index is 13.6. The molecular weight excluding hydrogens is 241 g/mol. The molecule has 1 heterocycles. The Bertz CT molecular complexity index is 386. The lowest BCUT2D eigenvalue weighted by molar-refractivity contribution is -0.00764. The van der Waals surface area contributed by atoms with Crippen molar-refractivity contribution in [2.75, 3.05) is 13.1 Å². The number of hydrogen-bond donors (Lipinski definition) is 1. The Labute approximate surface area is 106 Å². The van der Waals surface area contributed by atoms with E-state index in [1.807, 2.05) is 0 Å². The molecule has 0 radical (unpaired) electrons. The van der Waals surface area contributed by atoms with Crippen molar-refractivity contribution in [3.8, 4) is 0 Å². The molecule has 1 aliphatic rings. The predicted molar refractivity (Wildman–Crippen MR) is 66.6 cm³/mol. The van der Waals surface area contributed by atoms with Gasteiger partial charge in [-0.25, -0.2) is 4.39 Å². The highest BCUT2D eigenvalue weighted by atomic mass is 35.5. The Morgan fingerprint density at radius 1 is 1.53 bits per heavy atom. The highest BCUT2D eigenvalue weighted by Gasteiger charge is 2.21. The molecule has 4 heteroatoms. The summed E-state index contributed by atoms with van der Waals surface area (Å²) in [4.78, 5) is 0. The molecule has 2 nitrogen and oxygen atoms in total. The zero-order valence-electron chi connectivity index (χ0n) is 9.88. The summed E-state index contributed by atoms with van der Waals surface area (Å²) in [5, 5.41) is 3.44. The van der Waals surface area contributed by atoms with Gasteiger partial charge in [0.25, 0.3) is 0 Å². The minimum atomic E-state index is -0.370. The highest BCUT2D eigenvalue weighted by Crippen LogP contribution is 2.21. The van der Waals surface area contributed by atoms with E-state index in [-0.39, 0.29) is 23.6 Å². The molecule has 1 saturated heterocycles. The van der Waals surface area contributed by atoms with E-state index in [4.69, 9.17) is 16.3 Å². The molecule has 2 rings (SSSR count). The maximum Gasteiger partial charge on any atom is 0.147 e. The molecule has 2 unspecified atom stereocenters. The van der Waals surface area contributed by atoms with Gasteiger partial charge in [0.15, 0.2) is 0 Å². The summed E-state index contributed by atoms with van der Waals surface area (Å²) in [5.74, 6) is 0.143. The molecule has 94 valence electrons. The van der Waals surface area contributed by atoms with Gasteiger partial charge >= 0.3 is 0 Å². The predicted octanol–water partition coefficient (Wildman–Crippen LogP) is 2.99. The third-order valence-corrected chi connectivity index (χ3v) is 3.53. The lowest BCUT2D eigenvalue weighted by Crippen LogP contribution is -2.40. The number of rotatable bonds is 3. The molecule has 1 fully saturated rings. The number of benzene rings is 1. The second-order valence-electron chi connectivity index (χ2n) is 4.53. The van der Waals surface area contributed by atoms with E-state index in [9.17, 15) is 4.39 Å². The summed E-state index contributed by atoms with van der Waals surface area (Å²) in [5.41, 5.74) is 0.523. The minimum absolute atomic E-state index is 0.154. The Kier molecular flexibility index (Phi) is 4.37. The number of ether oxygens (including phenoxy) is 1. The second kappa shape index (κ2) is 5.80. The summed E-state index contributed by atoms with van der Waals surface area (Å²) < 4.78 is 19.4. The van der Waals surface area contributed by atoms with Crippen LogP contribution in [-0.4, -0.2) is 19.2 Å². The van der Waals surface area contributed by atoms with Gasteiger partial charge in [-0.15, -0.1) is 0 Å². The summed E-state index contributed by atoms with van der Waals surface area (Å²) in [6.07, 6.45) is 1.25. The van der Waals surface area contributed by atoms with Crippen molar-refractivity contribution in [2.45, 2.75) is 26.1 Å².